The number of thiophene rings is 1. The number of aliphatic hydroxyl groups excluding tert-OH is 1. The van der Waals surface area contributed by atoms with Crippen LogP contribution in [0.3, 0.4) is 0 Å². The van der Waals surface area contributed by atoms with E-state index in [2.05, 4.69) is 18.3 Å². The maximum Gasteiger partial charge on any atom is 0.0897 e. The summed E-state index contributed by atoms with van der Waals surface area (Å²) in [7, 11) is 0. The van der Waals surface area contributed by atoms with Crippen LogP contribution in [-0.4, -0.2) is 30.4 Å². The second kappa shape index (κ2) is 8.00. The Morgan fingerprint density at radius 2 is 2.21 bits per heavy atom. The van der Waals surface area contributed by atoms with Gasteiger partial charge in [0.05, 0.1) is 19.3 Å². The van der Waals surface area contributed by atoms with Crippen molar-refractivity contribution in [1.82, 2.24) is 5.32 Å². The largest absolute Gasteiger partial charge is 0.389 e. The predicted octanol–water partition coefficient (Wildman–Crippen LogP) is 2.79. The molecule has 1 atom stereocenters. The van der Waals surface area contributed by atoms with Gasteiger partial charge in [0.25, 0.3) is 0 Å². The number of hydrogen-bond acceptors (Lipinski definition) is 4. The molecule has 19 heavy (non-hydrogen) atoms. The summed E-state index contributed by atoms with van der Waals surface area (Å²) in [5.41, 5.74) is 0. The molecule has 0 aliphatic heterocycles. The zero-order valence-corrected chi connectivity index (χ0v) is 12.5. The third-order valence-electron chi connectivity index (χ3n) is 3.79. The summed E-state index contributed by atoms with van der Waals surface area (Å²) in [5.74, 6) is 0.872. The summed E-state index contributed by atoms with van der Waals surface area (Å²) >= 11 is 1.69. The highest BCUT2D eigenvalue weighted by Crippen LogP contribution is 2.23. The highest BCUT2D eigenvalue weighted by atomic mass is 32.1. The van der Waals surface area contributed by atoms with E-state index in [1.165, 1.54) is 30.6 Å². The molecular formula is C15H25NO2S. The van der Waals surface area contributed by atoms with Crippen molar-refractivity contribution in [3.63, 3.8) is 0 Å². The van der Waals surface area contributed by atoms with Gasteiger partial charge in [0.2, 0.25) is 0 Å². The van der Waals surface area contributed by atoms with Crippen LogP contribution in [0.5, 0.6) is 0 Å². The highest BCUT2D eigenvalue weighted by Gasteiger charge is 2.18. The SMILES string of the molecule is CC1CCC(NCC(O)COCc2cccs2)CC1. The van der Waals surface area contributed by atoms with Gasteiger partial charge in [-0.3, -0.25) is 0 Å². The molecule has 3 nitrogen and oxygen atoms in total. The minimum absolute atomic E-state index is 0.403. The van der Waals surface area contributed by atoms with E-state index in [-0.39, 0.29) is 0 Å². The van der Waals surface area contributed by atoms with Crippen LogP contribution >= 0.6 is 11.3 Å². The third-order valence-corrected chi connectivity index (χ3v) is 4.64. The smallest absolute Gasteiger partial charge is 0.0897 e. The van der Waals surface area contributed by atoms with Gasteiger partial charge >= 0.3 is 0 Å². The molecule has 1 aromatic rings. The monoisotopic (exact) mass is 283 g/mol. The van der Waals surface area contributed by atoms with E-state index in [1.54, 1.807) is 11.3 Å². The standard InChI is InChI=1S/C15H25NO2S/c1-12-4-6-13(7-5-12)16-9-14(17)10-18-11-15-3-2-8-19-15/h2-3,8,12-14,16-17H,4-7,9-11H2,1H3. The Hall–Kier alpha value is -0.420. The van der Waals surface area contributed by atoms with Gasteiger partial charge in [0.15, 0.2) is 0 Å². The third kappa shape index (κ3) is 5.61. The van der Waals surface area contributed by atoms with Crippen molar-refractivity contribution in [2.75, 3.05) is 13.2 Å². The molecule has 1 heterocycles. The quantitative estimate of drug-likeness (QED) is 0.808. The van der Waals surface area contributed by atoms with Crippen molar-refractivity contribution < 1.29 is 9.84 Å². The van der Waals surface area contributed by atoms with Crippen LogP contribution in [0.25, 0.3) is 0 Å². The van der Waals surface area contributed by atoms with E-state index < -0.39 is 6.10 Å². The molecule has 0 bridgehead atoms. The molecule has 0 saturated heterocycles. The summed E-state index contributed by atoms with van der Waals surface area (Å²) in [6, 6.07) is 4.66. The Balaban J connectivity index is 1.53. The number of rotatable bonds is 7. The number of aliphatic hydroxyl groups is 1. The Kier molecular flexibility index (Phi) is 6.31. The molecule has 4 heteroatoms. The Morgan fingerprint density at radius 1 is 1.42 bits per heavy atom. The molecular weight excluding hydrogens is 258 g/mol. The molecule has 1 aliphatic rings. The molecule has 1 unspecified atom stereocenters. The average molecular weight is 283 g/mol. The molecule has 0 amide bonds. The van der Waals surface area contributed by atoms with Gasteiger partial charge in [0, 0.05) is 17.5 Å². The first-order valence-corrected chi connectivity index (χ1v) is 8.13. The second-order valence-electron chi connectivity index (χ2n) is 5.61. The van der Waals surface area contributed by atoms with Crippen LogP contribution in [0.1, 0.15) is 37.5 Å². The fraction of sp³-hybridized carbons (Fsp3) is 0.733. The number of hydrogen-bond donors (Lipinski definition) is 2. The lowest BCUT2D eigenvalue weighted by Crippen LogP contribution is -2.39. The van der Waals surface area contributed by atoms with Crippen LogP contribution in [0, 0.1) is 5.92 Å². The minimum atomic E-state index is -0.403. The highest BCUT2D eigenvalue weighted by molar-refractivity contribution is 7.09. The van der Waals surface area contributed by atoms with Crippen LogP contribution in [-0.2, 0) is 11.3 Å². The van der Waals surface area contributed by atoms with Crippen molar-refractivity contribution in [3.8, 4) is 0 Å². The molecule has 1 fully saturated rings. The maximum atomic E-state index is 9.88. The Bertz CT molecular complexity index is 334. The van der Waals surface area contributed by atoms with Crippen molar-refractivity contribution in [2.45, 2.75) is 51.4 Å². The van der Waals surface area contributed by atoms with Gasteiger partial charge in [-0.1, -0.05) is 13.0 Å². The van der Waals surface area contributed by atoms with Crippen LogP contribution in [0.15, 0.2) is 17.5 Å². The van der Waals surface area contributed by atoms with Crippen LogP contribution in [0.2, 0.25) is 0 Å². The maximum absolute atomic E-state index is 9.88. The normalized spacial score (nSPS) is 25.4. The molecule has 1 aromatic heterocycles. The van der Waals surface area contributed by atoms with E-state index in [0.29, 0.717) is 25.8 Å². The van der Waals surface area contributed by atoms with Gasteiger partial charge in [-0.15, -0.1) is 11.3 Å². The van der Waals surface area contributed by atoms with Gasteiger partial charge in [-0.2, -0.15) is 0 Å². The molecule has 0 radical (unpaired) electrons. The Morgan fingerprint density at radius 3 is 2.89 bits per heavy atom. The molecule has 1 aliphatic carbocycles. The molecule has 0 aromatic carbocycles. The fourth-order valence-corrected chi connectivity index (χ4v) is 3.16. The van der Waals surface area contributed by atoms with E-state index in [9.17, 15) is 5.11 Å². The molecule has 2 N–H and O–H groups in total. The van der Waals surface area contributed by atoms with Crippen molar-refractivity contribution in [3.05, 3.63) is 22.4 Å². The molecule has 0 spiro atoms. The van der Waals surface area contributed by atoms with Crippen LogP contribution in [0.4, 0.5) is 0 Å². The zero-order valence-electron chi connectivity index (χ0n) is 11.7. The number of nitrogens with one attached hydrogen (secondary N) is 1. The van der Waals surface area contributed by atoms with Crippen molar-refractivity contribution >= 4 is 11.3 Å². The lowest BCUT2D eigenvalue weighted by atomic mass is 9.87. The zero-order chi connectivity index (χ0) is 13.5. The summed E-state index contributed by atoms with van der Waals surface area (Å²) in [4.78, 5) is 1.21. The topological polar surface area (TPSA) is 41.5 Å². The molecule has 2 rings (SSSR count). The van der Waals surface area contributed by atoms with Gasteiger partial charge in [-0.05, 0) is 43.0 Å². The fourth-order valence-electron chi connectivity index (χ4n) is 2.52. The molecule has 108 valence electrons. The lowest BCUT2D eigenvalue weighted by Gasteiger charge is -2.27. The average Bonchev–Trinajstić information content (AvgIpc) is 2.91. The van der Waals surface area contributed by atoms with Crippen molar-refractivity contribution in [1.29, 1.82) is 0 Å². The first-order chi connectivity index (χ1) is 9.24. The minimum Gasteiger partial charge on any atom is -0.389 e. The molecule has 1 saturated carbocycles. The van der Waals surface area contributed by atoms with Crippen LogP contribution < -0.4 is 5.32 Å². The van der Waals surface area contributed by atoms with E-state index in [4.69, 9.17) is 4.74 Å². The van der Waals surface area contributed by atoms with Gasteiger partial charge in [-0.25, -0.2) is 0 Å². The summed E-state index contributed by atoms with van der Waals surface area (Å²) in [5, 5.41) is 15.4. The first-order valence-electron chi connectivity index (χ1n) is 7.25. The first kappa shape index (κ1) is 15.0. The van der Waals surface area contributed by atoms with Crippen molar-refractivity contribution in [2.24, 2.45) is 5.92 Å². The van der Waals surface area contributed by atoms with E-state index >= 15 is 0 Å². The predicted molar refractivity (Wildman–Crippen MR) is 79.4 cm³/mol. The second-order valence-corrected chi connectivity index (χ2v) is 6.65. The van der Waals surface area contributed by atoms with E-state index in [1.807, 2.05) is 11.4 Å². The number of ether oxygens (including phenoxy) is 1. The lowest BCUT2D eigenvalue weighted by molar-refractivity contribution is 0.0277. The van der Waals surface area contributed by atoms with Gasteiger partial charge < -0.3 is 15.2 Å². The summed E-state index contributed by atoms with van der Waals surface area (Å²) in [6.45, 7) is 3.98. The van der Waals surface area contributed by atoms with E-state index in [0.717, 1.165) is 5.92 Å². The Labute approximate surface area is 120 Å². The summed E-state index contributed by atoms with van der Waals surface area (Å²) in [6.07, 6.45) is 4.69. The summed E-state index contributed by atoms with van der Waals surface area (Å²) < 4.78 is 5.52. The van der Waals surface area contributed by atoms with Gasteiger partial charge in [0.1, 0.15) is 0 Å².